The lowest BCUT2D eigenvalue weighted by Crippen LogP contribution is -2.29. The highest BCUT2D eigenvalue weighted by Gasteiger charge is 2.22. The molecule has 0 aliphatic heterocycles. The summed E-state index contributed by atoms with van der Waals surface area (Å²) < 4.78 is 26.4. The highest BCUT2D eigenvalue weighted by atomic mass is 31.2. The third kappa shape index (κ3) is 41.0. The topological polar surface area (TPSA) is 119 Å². The van der Waals surface area contributed by atoms with Crippen LogP contribution in [-0.4, -0.2) is 41.0 Å². The first-order valence-corrected chi connectivity index (χ1v) is 22.8. The molecule has 52 heavy (non-hydrogen) atoms. The van der Waals surface area contributed by atoms with Crippen LogP contribution in [-0.2, 0) is 28.2 Å². The molecule has 9 heteroatoms. The maximum atomic E-state index is 12.4. The molecule has 0 heterocycles. The number of phosphoric acid groups is 1. The van der Waals surface area contributed by atoms with E-state index in [1.807, 2.05) is 0 Å². The van der Waals surface area contributed by atoms with Crippen LogP contribution in [0.2, 0.25) is 0 Å². The van der Waals surface area contributed by atoms with Crippen molar-refractivity contribution in [1.29, 1.82) is 0 Å². The molecular formula is C43H79O8P. The molecule has 0 aliphatic rings. The Kier molecular flexibility index (Phi) is 37.7. The molecule has 304 valence electrons. The van der Waals surface area contributed by atoms with E-state index in [0.717, 1.165) is 64.2 Å². The Balaban J connectivity index is 3.92. The molecule has 8 nitrogen and oxygen atoms in total. The number of esters is 2. The maximum Gasteiger partial charge on any atom is 0.469 e. The fourth-order valence-electron chi connectivity index (χ4n) is 5.93. The van der Waals surface area contributed by atoms with Crippen molar-refractivity contribution in [1.82, 2.24) is 0 Å². The van der Waals surface area contributed by atoms with Crippen LogP contribution in [0.3, 0.4) is 0 Å². The number of phosphoric ester groups is 1. The fourth-order valence-corrected chi connectivity index (χ4v) is 6.29. The van der Waals surface area contributed by atoms with Crippen molar-refractivity contribution in [2.45, 2.75) is 213 Å². The quantitative estimate of drug-likeness (QED) is 0.0275. The summed E-state index contributed by atoms with van der Waals surface area (Å²) in [5.74, 6) is -0.895. The van der Waals surface area contributed by atoms with E-state index in [2.05, 4.69) is 54.8 Å². The van der Waals surface area contributed by atoms with E-state index in [-0.39, 0.29) is 19.4 Å². The van der Waals surface area contributed by atoms with Crippen LogP contribution in [0.1, 0.15) is 206 Å². The van der Waals surface area contributed by atoms with Crippen LogP contribution in [0.15, 0.2) is 36.5 Å². The van der Waals surface area contributed by atoms with E-state index in [1.54, 1.807) is 0 Å². The molecule has 0 saturated carbocycles. The summed E-state index contributed by atoms with van der Waals surface area (Å²) in [6, 6.07) is 0. The average molecular weight is 755 g/mol. The molecule has 0 amide bonds. The lowest BCUT2D eigenvalue weighted by Gasteiger charge is -2.18. The number of allylic oxidation sites excluding steroid dienone is 6. The van der Waals surface area contributed by atoms with Crippen LogP contribution in [0.5, 0.6) is 0 Å². The van der Waals surface area contributed by atoms with E-state index in [0.29, 0.717) is 6.42 Å². The van der Waals surface area contributed by atoms with E-state index in [1.165, 1.54) is 109 Å². The molecule has 0 bridgehead atoms. The Bertz CT molecular complexity index is 941. The van der Waals surface area contributed by atoms with Gasteiger partial charge in [-0.1, -0.05) is 159 Å². The number of rotatable bonds is 39. The molecule has 0 aromatic carbocycles. The number of carbonyl (C=O) groups excluding carboxylic acids is 2. The standard InChI is InChI=1S/C43H79O8P/c1-3-5-7-9-11-13-15-17-19-21-23-25-27-29-31-33-35-37-42(44)49-39-41(40-50-52(46,47)48)51-43(45)38-36-34-32-30-28-26-24-22-20-18-16-14-12-10-8-6-4-2/h12,14,17-20,41H,3-11,13,15-16,21-40H2,1-2H3,(H2,46,47,48)/b14-12+,19-17+,20-18+/t41-/m1/s1. The molecule has 0 aromatic rings. The summed E-state index contributed by atoms with van der Waals surface area (Å²) in [6.07, 6.45) is 45.7. The predicted molar refractivity (Wildman–Crippen MR) is 216 cm³/mol. The first kappa shape index (κ1) is 50.3. The third-order valence-corrected chi connectivity index (χ3v) is 9.62. The van der Waals surface area contributed by atoms with Crippen molar-refractivity contribution >= 4 is 19.8 Å². The number of unbranched alkanes of at least 4 members (excludes halogenated alkanes) is 23. The van der Waals surface area contributed by atoms with E-state index >= 15 is 0 Å². The van der Waals surface area contributed by atoms with Crippen LogP contribution < -0.4 is 0 Å². The zero-order valence-corrected chi connectivity index (χ0v) is 34.4. The van der Waals surface area contributed by atoms with Gasteiger partial charge in [0.15, 0.2) is 6.10 Å². The molecule has 2 N–H and O–H groups in total. The Morgan fingerprint density at radius 3 is 1.33 bits per heavy atom. The number of ether oxygens (including phenoxy) is 2. The highest BCUT2D eigenvalue weighted by molar-refractivity contribution is 7.46. The highest BCUT2D eigenvalue weighted by Crippen LogP contribution is 2.36. The van der Waals surface area contributed by atoms with E-state index in [9.17, 15) is 14.2 Å². The molecule has 0 aromatic heterocycles. The van der Waals surface area contributed by atoms with Gasteiger partial charge in [-0.15, -0.1) is 0 Å². The van der Waals surface area contributed by atoms with Crippen LogP contribution in [0.4, 0.5) is 0 Å². The minimum Gasteiger partial charge on any atom is -0.462 e. The van der Waals surface area contributed by atoms with Crippen molar-refractivity contribution < 1.29 is 37.9 Å². The average Bonchev–Trinajstić information content (AvgIpc) is 3.11. The molecule has 0 unspecified atom stereocenters. The zero-order valence-electron chi connectivity index (χ0n) is 33.5. The first-order chi connectivity index (χ1) is 25.3. The molecule has 0 radical (unpaired) electrons. The van der Waals surface area contributed by atoms with Crippen molar-refractivity contribution in [2.75, 3.05) is 13.2 Å². The predicted octanol–water partition coefficient (Wildman–Crippen LogP) is 13.0. The van der Waals surface area contributed by atoms with Gasteiger partial charge in [0.25, 0.3) is 0 Å². The summed E-state index contributed by atoms with van der Waals surface area (Å²) >= 11 is 0. The summed E-state index contributed by atoms with van der Waals surface area (Å²) in [6.45, 7) is 3.66. The summed E-state index contributed by atoms with van der Waals surface area (Å²) in [7, 11) is -4.76. The second-order valence-corrected chi connectivity index (χ2v) is 15.5. The van der Waals surface area contributed by atoms with Crippen LogP contribution >= 0.6 is 7.82 Å². The SMILES string of the molecule is CCCCC/C=C/C/C=C/CCCCCCCCCC(=O)O[C@H](COC(=O)CCCCCCCCC/C=C/CCCCCCCC)COP(=O)(O)O. The molecular weight excluding hydrogens is 675 g/mol. The normalized spacial score (nSPS) is 12.8. The fraction of sp³-hybridized carbons (Fsp3) is 0.814. The Labute approximate surface area is 319 Å². The van der Waals surface area contributed by atoms with Crippen molar-refractivity contribution in [3.63, 3.8) is 0 Å². The lowest BCUT2D eigenvalue weighted by molar-refractivity contribution is -0.161. The largest absolute Gasteiger partial charge is 0.469 e. The van der Waals surface area contributed by atoms with Crippen LogP contribution in [0, 0.1) is 0 Å². The number of carbonyl (C=O) groups is 2. The van der Waals surface area contributed by atoms with Gasteiger partial charge in [-0.3, -0.25) is 14.1 Å². The zero-order chi connectivity index (χ0) is 38.2. The van der Waals surface area contributed by atoms with Crippen LogP contribution in [0.25, 0.3) is 0 Å². The Morgan fingerprint density at radius 1 is 0.500 bits per heavy atom. The lowest BCUT2D eigenvalue weighted by atomic mass is 10.1. The van der Waals surface area contributed by atoms with Gasteiger partial charge < -0.3 is 19.3 Å². The number of hydrogen-bond donors (Lipinski definition) is 2. The van der Waals surface area contributed by atoms with Gasteiger partial charge >= 0.3 is 19.8 Å². The molecule has 1 atom stereocenters. The minimum atomic E-state index is -4.76. The maximum absolute atomic E-state index is 12.4. The minimum absolute atomic E-state index is 0.203. The van der Waals surface area contributed by atoms with Gasteiger partial charge in [0.1, 0.15) is 6.61 Å². The molecule has 0 spiro atoms. The Morgan fingerprint density at radius 2 is 0.865 bits per heavy atom. The van der Waals surface area contributed by atoms with Gasteiger partial charge in [-0.25, -0.2) is 4.57 Å². The molecule has 0 fully saturated rings. The van der Waals surface area contributed by atoms with Crippen molar-refractivity contribution in [2.24, 2.45) is 0 Å². The van der Waals surface area contributed by atoms with Crippen molar-refractivity contribution in [3.8, 4) is 0 Å². The van der Waals surface area contributed by atoms with Gasteiger partial charge in [0.2, 0.25) is 0 Å². The summed E-state index contributed by atoms with van der Waals surface area (Å²) in [4.78, 5) is 42.9. The van der Waals surface area contributed by atoms with Gasteiger partial charge in [-0.2, -0.15) is 0 Å². The summed E-state index contributed by atoms with van der Waals surface area (Å²) in [5.41, 5.74) is 0. The second-order valence-electron chi connectivity index (χ2n) is 14.3. The van der Waals surface area contributed by atoms with E-state index in [4.69, 9.17) is 19.3 Å². The van der Waals surface area contributed by atoms with Gasteiger partial charge in [0.05, 0.1) is 6.61 Å². The van der Waals surface area contributed by atoms with Gasteiger partial charge in [-0.05, 0) is 70.6 Å². The summed E-state index contributed by atoms with van der Waals surface area (Å²) in [5, 5.41) is 0. The molecule has 0 rings (SSSR count). The smallest absolute Gasteiger partial charge is 0.462 e. The Hall–Kier alpha value is -1.73. The van der Waals surface area contributed by atoms with Crippen molar-refractivity contribution in [3.05, 3.63) is 36.5 Å². The van der Waals surface area contributed by atoms with Gasteiger partial charge in [0, 0.05) is 12.8 Å². The first-order valence-electron chi connectivity index (χ1n) is 21.3. The van der Waals surface area contributed by atoms with E-state index < -0.39 is 32.5 Å². The number of hydrogen-bond acceptors (Lipinski definition) is 6. The third-order valence-electron chi connectivity index (χ3n) is 9.13. The second kappa shape index (κ2) is 39.0. The monoisotopic (exact) mass is 755 g/mol. The molecule has 0 saturated heterocycles. The molecule has 0 aliphatic carbocycles.